The average molecular weight is 543 g/mol. The van der Waals surface area contributed by atoms with Crippen molar-refractivity contribution in [2.45, 2.75) is 77.8 Å². The van der Waals surface area contributed by atoms with Gasteiger partial charge in [-0.3, -0.25) is 25.0 Å². The molecule has 13 heteroatoms. The Balaban J connectivity index is 3.44. The monoisotopic (exact) mass is 542 g/mol. The van der Waals surface area contributed by atoms with E-state index in [0.717, 1.165) is 12.1 Å². The van der Waals surface area contributed by atoms with Gasteiger partial charge in [-0.25, -0.2) is 0 Å². The van der Waals surface area contributed by atoms with Gasteiger partial charge in [0.05, 0.1) is 29.1 Å². The lowest BCUT2D eigenvalue weighted by Gasteiger charge is -2.38. The predicted octanol–water partition coefficient (Wildman–Crippen LogP) is 5.45. The second-order valence-electron chi connectivity index (χ2n) is 11.9. The number of nitrogens with two attached hydrogens (primary N) is 1. The fourth-order valence-electron chi connectivity index (χ4n) is 2.92. The van der Waals surface area contributed by atoms with Crippen molar-refractivity contribution in [3.05, 3.63) is 37.9 Å². The summed E-state index contributed by atoms with van der Waals surface area (Å²) in [5, 5.41) is 23.3. The summed E-state index contributed by atoms with van der Waals surface area (Å²) in [7, 11) is -4.19. The largest absolute Gasteiger partial charge is 0.415 e. The van der Waals surface area contributed by atoms with Gasteiger partial charge in [0.25, 0.3) is 17.3 Å². The molecular formula is C23H42N4O7Si2. The van der Waals surface area contributed by atoms with Gasteiger partial charge in [-0.15, -0.1) is 0 Å². The zero-order valence-corrected chi connectivity index (χ0v) is 25.3. The van der Waals surface area contributed by atoms with Crippen molar-refractivity contribution in [1.29, 1.82) is 0 Å². The molecular weight excluding hydrogens is 500 g/mol. The first kappa shape index (κ1) is 31.7. The fourth-order valence-corrected chi connectivity index (χ4v) is 4.99. The molecule has 0 spiro atoms. The van der Waals surface area contributed by atoms with Gasteiger partial charge in [0, 0.05) is 13.1 Å². The zero-order chi connectivity index (χ0) is 28.3. The molecule has 0 saturated carbocycles. The Morgan fingerprint density at radius 3 is 1.56 bits per heavy atom. The smallest absolute Gasteiger partial charge is 0.299 e. The number of nitrogens with zero attached hydrogens (tertiary/aromatic N) is 3. The van der Waals surface area contributed by atoms with Gasteiger partial charge in [0.2, 0.25) is 0 Å². The number of hydrogen-bond donors (Lipinski definition) is 1. The molecule has 0 aromatic heterocycles. The number of hydrogen-bond acceptors (Lipinski definition) is 8. The van der Waals surface area contributed by atoms with Crippen molar-refractivity contribution in [2.75, 3.05) is 31.2 Å². The number of benzene rings is 1. The van der Waals surface area contributed by atoms with Crippen molar-refractivity contribution in [3.63, 3.8) is 0 Å². The molecule has 2 N–H and O–H groups in total. The van der Waals surface area contributed by atoms with Gasteiger partial charge in [0.1, 0.15) is 11.3 Å². The molecule has 0 radical (unpaired) electrons. The topological polar surface area (TPSA) is 151 Å². The van der Waals surface area contributed by atoms with Crippen LogP contribution in [0.15, 0.2) is 12.1 Å². The second kappa shape index (κ2) is 11.4. The van der Waals surface area contributed by atoms with Crippen LogP contribution in [0.3, 0.4) is 0 Å². The Kier molecular flexibility index (Phi) is 9.99. The Hall–Kier alpha value is -2.36. The molecule has 1 amide bonds. The van der Waals surface area contributed by atoms with E-state index in [2.05, 4.69) is 67.7 Å². The number of anilines is 1. The van der Waals surface area contributed by atoms with E-state index in [1.165, 1.54) is 0 Å². The van der Waals surface area contributed by atoms with Gasteiger partial charge >= 0.3 is 0 Å². The van der Waals surface area contributed by atoms with Crippen molar-refractivity contribution in [3.8, 4) is 0 Å². The molecule has 1 aromatic carbocycles. The Morgan fingerprint density at radius 1 is 0.861 bits per heavy atom. The highest BCUT2D eigenvalue weighted by molar-refractivity contribution is 6.74. The summed E-state index contributed by atoms with van der Waals surface area (Å²) in [5.41, 5.74) is 3.89. The molecule has 0 aliphatic heterocycles. The maximum Gasteiger partial charge on any atom is 0.299 e. The maximum atomic E-state index is 12.0. The number of nitro benzene ring substituents is 2. The normalized spacial score (nSPS) is 12.9. The quantitative estimate of drug-likeness (QED) is 0.208. The van der Waals surface area contributed by atoms with Gasteiger partial charge in [-0.1, -0.05) is 41.5 Å². The zero-order valence-electron chi connectivity index (χ0n) is 23.3. The number of carbonyl (C=O) groups is 1. The van der Waals surface area contributed by atoms with E-state index >= 15 is 0 Å². The molecule has 1 aromatic rings. The molecule has 0 saturated heterocycles. The average Bonchev–Trinajstić information content (AvgIpc) is 2.69. The van der Waals surface area contributed by atoms with E-state index < -0.39 is 43.8 Å². The van der Waals surface area contributed by atoms with E-state index in [-0.39, 0.29) is 47.6 Å². The van der Waals surface area contributed by atoms with Crippen molar-refractivity contribution in [2.24, 2.45) is 5.73 Å². The maximum absolute atomic E-state index is 12.0. The number of rotatable bonds is 12. The van der Waals surface area contributed by atoms with E-state index in [1.807, 2.05) is 0 Å². The van der Waals surface area contributed by atoms with E-state index in [1.54, 1.807) is 4.90 Å². The first-order valence-corrected chi connectivity index (χ1v) is 17.7. The molecule has 0 aliphatic carbocycles. The van der Waals surface area contributed by atoms with E-state index in [0.29, 0.717) is 0 Å². The molecule has 36 heavy (non-hydrogen) atoms. The van der Waals surface area contributed by atoms with E-state index in [4.69, 9.17) is 14.6 Å². The SMILES string of the molecule is CC(C)(C)[Si](C)(C)OCCN(CCO[Si](C)(C)C(C)(C)C)c1cc(C(N)=O)c([N+](=O)[O-])cc1[N+](=O)[O-]. The molecule has 0 aliphatic rings. The summed E-state index contributed by atoms with van der Waals surface area (Å²) in [6.07, 6.45) is 0. The van der Waals surface area contributed by atoms with Crippen LogP contribution in [0.4, 0.5) is 17.1 Å². The molecule has 11 nitrogen and oxygen atoms in total. The minimum Gasteiger partial charge on any atom is -0.415 e. The summed E-state index contributed by atoms with van der Waals surface area (Å²) >= 11 is 0. The molecule has 0 bridgehead atoms. The summed E-state index contributed by atoms with van der Waals surface area (Å²) < 4.78 is 12.6. The van der Waals surface area contributed by atoms with Crippen LogP contribution in [0.2, 0.25) is 36.3 Å². The number of carbonyl (C=O) groups excluding carboxylic acids is 1. The van der Waals surface area contributed by atoms with Crippen LogP contribution in [-0.4, -0.2) is 58.7 Å². The van der Waals surface area contributed by atoms with Gasteiger partial charge < -0.3 is 19.5 Å². The molecule has 0 heterocycles. The van der Waals surface area contributed by atoms with Gasteiger partial charge in [-0.2, -0.15) is 0 Å². The van der Waals surface area contributed by atoms with Crippen LogP contribution >= 0.6 is 0 Å². The minimum atomic E-state index is -2.10. The predicted molar refractivity (Wildman–Crippen MR) is 147 cm³/mol. The number of nitro groups is 2. The van der Waals surface area contributed by atoms with Crippen LogP contribution in [0, 0.1) is 20.2 Å². The van der Waals surface area contributed by atoms with Crippen LogP contribution in [-0.2, 0) is 8.85 Å². The Morgan fingerprint density at radius 2 is 1.25 bits per heavy atom. The van der Waals surface area contributed by atoms with Crippen molar-refractivity contribution < 1.29 is 23.5 Å². The molecule has 0 unspecified atom stereocenters. The first-order chi connectivity index (χ1) is 16.1. The lowest BCUT2D eigenvalue weighted by molar-refractivity contribution is -0.393. The lowest BCUT2D eigenvalue weighted by atomic mass is 10.1. The standard InChI is InChI=1S/C23H42N4O7Si2/c1-22(2,3)35(7,8)33-13-11-25(12-14-34-36(9,10)23(4,5)6)19-15-17(21(24)28)18(26(29)30)16-20(19)27(31)32/h15-16H,11-14H2,1-10H3,(H2,24,28). The molecule has 1 rings (SSSR count). The highest BCUT2D eigenvalue weighted by Gasteiger charge is 2.38. The molecule has 0 atom stereocenters. The van der Waals surface area contributed by atoms with Gasteiger partial charge in [-0.05, 0) is 42.3 Å². The molecule has 0 fully saturated rings. The number of amides is 1. The third-order valence-corrected chi connectivity index (χ3v) is 16.4. The Labute approximate surface area is 215 Å². The second-order valence-corrected chi connectivity index (χ2v) is 21.6. The molecule has 204 valence electrons. The lowest BCUT2D eigenvalue weighted by Crippen LogP contribution is -2.44. The third kappa shape index (κ3) is 7.82. The fraction of sp³-hybridized carbons (Fsp3) is 0.696. The van der Waals surface area contributed by atoms with Gasteiger partial charge in [0.15, 0.2) is 16.6 Å². The van der Waals surface area contributed by atoms with Crippen LogP contribution in [0.25, 0.3) is 0 Å². The van der Waals surface area contributed by atoms with E-state index in [9.17, 15) is 25.0 Å². The van der Waals surface area contributed by atoms with Crippen LogP contribution < -0.4 is 10.6 Å². The van der Waals surface area contributed by atoms with Crippen molar-refractivity contribution >= 4 is 39.6 Å². The summed E-state index contributed by atoms with van der Waals surface area (Å²) in [6.45, 7) is 22.2. The van der Waals surface area contributed by atoms with Crippen molar-refractivity contribution in [1.82, 2.24) is 0 Å². The Bertz CT molecular complexity index is 954. The number of primary amides is 1. The summed E-state index contributed by atoms with van der Waals surface area (Å²) in [5.74, 6) is -1.03. The highest BCUT2D eigenvalue weighted by Crippen LogP contribution is 2.39. The summed E-state index contributed by atoms with van der Waals surface area (Å²) in [6, 6.07) is 1.93. The third-order valence-electron chi connectivity index (χ3n) is 7.35. The van der Waals surface area contributed by atoms with Crippen LogP contribution in [0.5, 0.6) is 0 Å². The minimum absolute atomic E-state index is 0.0260. The summed E-state index contributed by atoms with van der Waals surface area (Å²) in [4.78, 5) is 35.5. The van der Waals surface area contributed by atoms with Crippen LogP contribution in [0.1, 0.15) is 51.9 Å². The first-order valence-electron chi connectivity index (χ1n) is 11.9. The highest BCUT2D eigenvalue weighted by atomic mass is 28.4.